The Morgan fingerprint density at radius 3 is 2.30 bits per heavy atom. The summed E-state index contributed by atoms with van der Waals surface area (Å²) in [5.74, 6) is -4.37. The highest BCUT2D eigenvalue weighted by Crippen LogP contribution is 2.31. The van der Waals surface area contributed by atoms with Crippen LogP contribution >= 0.6 is 0 Å². The maximum Gasteiger partial charge on any atom is 0.461 e. The first-order chi connectivity index (χ1) is 10.8. The summed E-state index contributed by atoms with van der Waals surface area (Å²) in [5, 5.41) is 0. The van der Waals surface area contributed by atoms with E-state index in [-0.39, 0.29) is 30.6 Å². The highest BCUT2D eigenvalue weighted by molar-refractivity contribution is 6.47. The fraction of sp³-hybridized carbons (Fsp3) is 0.533. The summed E-state index contributed by atoms with van der Waals surface area (Å²) in [6.07, 6.45) is -0.494. The number of esters is 1. The van der Waals surface area contributed by atoms with Crippen molar-refractivity contribution in [3.05, 3.63) is 35.1 Å². The van der Waals surface area contributed by atoms with Crippen LogP contribution in [-0.2, 0) is 25.3 Å². The van der Waals surface area contributed by atoms with Crippen molar-refractivity contribution < 1.29 is 32.0 Å². The van der Waals surface area contributed by atoms with Gasteiger partial charge in [-0.15, -0.1) is 0 Å². The molecule has 1 fully saturated rings. The summed E-state index contributed by atoms with van der Waals surface area (Å²) >= 11 is 0. The van der Waals surface area contributed by atoms with Gasteiger partial charge in [0, 0.05) is 18.3 Å². The van der Waals surface area contributed by atoms with E-state index >= 15 is 0 Å². The molecule has 2 rings (SSSR count). The Balaban J connectivity index is 2.21. The fourth-order valence-corrected chi connectivity index (χ4v) is 2.46. The topological polar surface area (TPSA) is 44.8 Å². The molecule has 1 aliphatic heterocycles. The normalized spacial score (nSPS) is 22.3. The van der Waals surface area contributed by atoms with Gasteiger partial charge < -0.3 is 14.0 Å². The van der Waals surface area contributed by atoms with E-state index in [4.69, 9.17) is 9.31 Å². The molecule has 2 unspecified atom stereocenters. The van der Waals surface area contributed by atoms with Crippen LogP contribution in [0.15, 0.2) is 12.1 Å². The molecule has 23 heavy (non-hydrogen) atoms. The molecule has 1 heterocycles. The number of hydrogen-bond acceptors (Lipinski definition) is 4. The van der Waals surface area contributed by atoms with E-state index < -0.39 is 36.4 Å². The van der Waals surface area contributed by atoms with Crippen molar-refractivity contribution in [1.29, 1.82) is 0 Å². The maximum absolute atomic E-state index is 13.8. The van der Waals surface area contributed by atoms with E-state index in [1.165, 1.54) is 7.11 Å². The number of carbonyl (C=O) groups is 1. The molecule has 8 heteroatoms. The van der Waals surface area contributed by atoms with Crippen molar-refractivity contribution in [3.63, 3.8) is 0 Å². The van der Waals surface area contributed by atoms with Crippen LogP contribution in [-0.4, -0.2) is 32.4 Å². The number of benzene rings is 1. The molecule has 0 N–H and O–H groups in total. The summed E-state index contributed by atoms with van der Waals surface area (Å²) in [7, 11) is 0.491. The number of ether oxygens (including phenoxy) is 1. The minimum absolute atomic E-state index is 0.0394. The quantitative estimate of drug-likeness (QED) is 0.473. The molecule has 0 amide bonds. The van der Waals surface area contributed by atoms with Gasteiger partial charge in [-0.05, 0) is 31.9 Å². The van der Waals surface area contributed by atoms with Crippen LogP contribution in [0.3, 0.4) is 0 Å². The predicted molar refractivity (Wildman–Crippen MR) is 77.3 cm³/mol. The Morgan fingerprint density at radius 2 is 1.74 bits per heavy atom. The lowest BCUT2D eigenvalue weighted by atomic mass is 9.67. The Labute approximate surface area is 133 Å². The zero-order valence-corrected chi connectivity index (χ0v) is 13.1. The van der Waals surface area contributed by atoms with Crippen LogP contribution in [0.4, 0.5) is 13.2 Å². The van der Waals surface area contributed by atoms with Crippen molar-refractivity contribution in [3.8, 4) is 0 Å². The highest BCUT2D eigenvalue weighted by Gasteiger charge is 2.42. The van der Waals surface area contributed by atoms with Crippen LogP contribution in [0.25, 0.3) is 0 Å². The Hall–Kier alpha value is -1.54. The van der Waals surface area contributed by atoms with E-state index in [1.807, 2.05) is 13.8 Å². The van der Waals surface area contributed by atoms with Crippen molar-refractivity contribution in [1.82, 2.24) is 0 Å². The van der Waals surface area contributed by atoms with Crippen LogP contribution in [0.2, 0.25) is 5.82 Å². The summed E-state index contributed by atoms with van der Waals surface area (Å²) in [6, 6.07) is 1.28. The second-order valence-electron chi connectivity index (χ2n) is 5.65. The molecule has 0 bridgehead atoms. The van der Waals surface area contributed by atoms with Crippen molar-refractivity contribution >= 4 is 13.1 Å². The second-order valence-corrected chi connectivity index (χ2v) is 5.65. The molecule has 1 saturated heterocycles. The van der Waals surface area contributed by atoms with Gasteiger partial charge in [-0.2, -0.15) is 0 Å². The molecular formula is C15H18BF3O4. The van der Waals surface area contributed by atoms with Crippen LogP contribution in [0.5, 0.6) is 0 Å². The molecule has 0 radical (unpaired) electrons. The molecule has 1 aliphatic rings. The number of hydrogen-bond donors (Lipinski definition) is 0. The summed E-state index contributed by atoms with van der Waals surface area (Å²) in [6.45, 7) is 3.63. The maximum atomic E-state index is 13.8. The number of methoxy groups -OCH3 is 1. The minimum Gasteiger partial charge on any atom is -0.469 e. The summed E-state index contributed by atoms with van der Waals surface area (Å²) < 4.78 is 56.1. The number of rotatable bonds is 5. The van der Waals surface area contributed by atoms with E-state index in [0.717, 1.165) is 6.07 Å². The third-order valence-electron chi connectivity index (χ3n) is 3.97. The first kappa shape index (κ1) is 17.8. The van der Waals surface area contributed by atoms with Gasteiger partial charge in [0.2, 0.25) is 0 Å². The summed E-state index contributed by atoms with van der Waals surface area (Å²) in [4.78, 5) is 11.6. The molecule has 1 aromatic carbocycles. The van der Waals surface area contributed by atoms with Gasteiger partial charge in [0.05, 0.1) is 19.3 Å². The average molecular weight is 330 g/mol. The van der Waals surface area contributed by atoms with E-state index in [9.17, 15) is 18.0 Å². The van der Waals surface area contributed by atoms with Gasteiger partial charge in [-0.1, -0.05) is 0 Å². The smallest absolute Gasteiger partial charge is 0.461 e. The lowest BCUT2D eigenvalue weighted by molar-refractivity contribution is -0.140. The lowest BCUT2D eigenvalue weighted by Gasteiger charge is -2.18. The third-order valence-corrected chi connectivity index (χ3v) is 3.97. The molecule has 0 saturated carbocycles. The molecule has 126 valence electrons. The van der Waals surface area contributed by atoms with Crippen molar-refractivity contribution in [2.45, 2.75) is 44.7 Å². The van der Waals surface area contributed by atoms with Crippen LogP contribution in [0.1, 0.15) is 25.8 Å². The number of halogens is 3. The summed E-state index contributed by atoms with van der Waals surface area (Å²) in [5.41, 5.74) is -0.0443. The molecule has 4 nitrogen and oxygen atoms in total. The first-order valence-electron chi connectivity index (χ1n) is 7.33. The first-order valence-corrected chi connectivity index (χ1v) is 7.33. The van der Waals surface area contributed by atoms with Gasteiger partial charge in [0.1, 0.15) is 5.82 Å². The Bertz CT molecular complexity index is 574. The minimum atomic E-state index is -1.26. The molecular weight excluding hydrogens is 312 g/mol. The van der Waals surface area contributed by atoms with Crippen LogP contribution < -0.4 is 0 Å². The fourth-order valence-electron chi connectivity index (χ4n) is 2.46. The zero-order valence-electron chi connectivity index (χ0n) is 13.1. The van der Waals surface area contributed by atoms with Crippen LogP contribution in [0, 0.1) is 17.5 Å². The molecule has 1 aromatic rings. The Morgan fingerprint density at radius 1 is 1.17 bits per heavy atom. The highest BCUT2D eigenvalue weighted by atomic mass is 19.2. The second kappa shape index (κ2) is 7.36. The van der Waals surface area contributed by atoms with E-state index in [1.54, 1.807) is 0 Å². The molecule has 0 spiro atoms. The SMILES string of the molecule is COC(=O)C[C@@H](Cc1cc(F)c(F)cc1F)B1OC(C)C(C)O1. The van der Waals surface area contributed by atoms with Gasteiger partial charge in [-0.3, -0.25) is 4.79 Å². The molecule has 0 aromatic heterocycles. The van der Waals surface area contributed by atoms with Crippen molar-refractivity contribution in [2.75, 3.05) is 7.11 Å². The van der Waals surface area contributed by atoms with Gasteiger partial charge in [0.25, 0.3) is 0 Å². The molecule has 3 atom stereocenters. The monoisotopic (exact) mass is 330 g/mol. The lowest BCUT2D eigenvalue weighted by Crippen LogP contribution is -2.28. The Kier molecular flexibility index (Phi) is 5.70. The zero-order chi connectivity index (χ0) is 17.1. The van der Waals surface area contributed by atoms with E-state index in [0.29, 0.717) is 6.07 Å². The van der Waals surface area contributed by atoms with Gasteiger partial charge >= 0.3 is 13.1 Å². The van der Waals surface area contributed by atoms with Gasteiger partial charge in [0.15, 0.2) is 11.6 Å². The number of carbonyl (C=O) groups excluding carboxylic acids is 1. The van der Waals surface area contributed by atoms with Crippen molar-refractivity contribution in [2.24, 2.45) is 0 Å². The van der Waals surface area contributed by atoms with E-state index in [2.05, 4.69) is 4.74 Å². The third kappa shape index (κ3) is 4.26. The van der Waals surface area contributed by atoms with Gasteiger partial charge in [-0.25, -0.2) is 13.2 Å². The predicted octanol–water partition coefficient (Wildman–Crippen LogP) is 2.89. The average Bonchev–Trinajstić information content (AvgIpc) is 2.83. The molecule has 0 aliphatic carbocycles. The largest absolute Gasteiger partial charge is 0.469 e. The standard InChI is InChI=1S/C15H18BF3O4/c1-8-9(2)23-16(22-8)11(6-15(20)21-3)4-10-5-13(18)14(19)7-12(10)17/h5,7-9,11H,4,6H2,1-3H3/t8?,9?,11-/m1/s1.